The lowest BCUT2D eigenvalue weighted by Gasteiger charge is -2.03. The van der Waals surface area contributed by atoms with Crippen LogP contribution in [0, 0.1) is 0 Å². The van der Waals surface area contributed by atoms with Gasteiger partial charge in [-0.1, -0.05) is 6.07 Å². The highest BCUT2D eigenvalue weighted by Gasteiger charge is 2.12. The van der Waals surface area contributed by atoms with Crippen LogP contribution in [0.15, 0.2) is 23.1 Å². The number of aromatic hydroxyl groups is 1. The van der Waals surface area contributed by atoms with E-state index in [-0.39, 0.29) is 17.2 Å². The first-order valence-corrected chi connectivity index (χ1v) is 5.04. The summed E-state index contributed by atoms with van der Waals surface area (Å²) >= 11 is 0. The Morgan fingerprint density at radius 1 is 1.38 bits per heavy atom. The Hall–Kier alpha value is -1.11. The third-order valence-electron chi connectivity index (χ3n) is 1.57. The zero-order valence-electron chi connectivity index (χ0n) is 6.77. The fraction of sp³-hybridized carbons (Fsp3) is 0.143. The van der Waals surface area contributed by atoms with Crippen molar-refractivity contribution >= 4 is 10.0 Å². The summed E-state index contributed by atoms with van der Waals surface area (Å²) in [6, 6.07) is 4.01. The van der Waals surface area contributed by atoms with Crippen LogP contribution in [0.3, 0.4) is 0 Å². The van der Waals surface area contributed by atoms with Gasteiger partial charge in [-0.25, -0.2) is 13.6 Å². The van der Waals surface area contributed by atoms with Crippen LogP contribution in [-0.2, 0) is 16.6 Å². The van der Waals surface area contributed by atoms with Crippen LogP contribution in [0.2, 0.25) is 0 Å². The SMILES string of the molecule is NCc1ccc(S(N)(=O)=O)c(O)c1. The average molecular weight is 202 g/mol. The van der Waals surface area contributed by atoms with Gasteiger partial charge in [0.1, 0.15) is 10.6 Å². The van der Waals surface area contributed by atoms with E-state index in [1.54, 1.807) is 0 Å². The van der Waals surface area contributed by atoms with Crippen LogP contribution in [0.5, 0.6) is 5.75 Å². The molecule has 0 amide bonds. The smallest absolute Gasteiger partial charge is 0.241 e. The second-order valence-electron chi connectivity index (χ2n) is 2.55. The molecule has 0 bridgehead atoms. The average Bonchev–Trinajstić information content (AvgIpc) is 2.01. The van der Waals surface area contributed by atoms with Gasteiger partial charge in [0.05, 0.1) is 0 Å². The number of hydrogen-bond donors (Lipinski definition) is 3. The number of rotatable bonds is 2. The maximum atomic E-state index is 10.8. The van der Waals surface area contributed by atoms with Crippen molar-refractivity contribution in [2.45, 2.75) is 11.4 Å². The number of hydrogen-bond acceptors (Lipinski definition) is 4. The summed E-state index contributed by atoms with van der Waals surface area (Å²) in [5, 5.41) is 14.1. The topological polar surface area (TPSA) is 106 Å². The van der Waals surface area contributed by atoms with Crippen molar-refractivity contribution in [1.82, 2.24) is 0 Å². The van der Waals surface area contributed by atoms with Gasteiger partial charge < -0.3 is 10.8 Å². The Kier molecular flexibility index (Phi) is 2.55. The quantitative estimate of drug-likeness (QED) is 0.600. The highest BCUT2D eigenvalue weighted by Crippen LogP contribution is 2.21. The summed E-state index contributed by atoms with van der Waals surface area (Å²) in [6.07, 6.45) is 0. The standard InChI is InChI=1S/C7H10N2O3S/c8-4-5-1-2-7(6(10)3-5)13(9,11)12/h1-3,10H,4,8H2,(H2,9,11,12). The first-order valence-electron chi connectivity index (χ1n) is 3.50. The second-order valence-corrected chi connectivity index (χ2v) is 4.08. The molecule has 6 heteroatoms. The normalized spacial score (nSPS) is 11.5. The molecule has 0 radical (unpaired) electrons. The van der Waals surface area contributed by atoms with E-state index >= 15 is 0 Å². The van der Waals surface area contributed by atoms with Crippen LogP contribution >= 0.6 is 0 Å². The number of phenolic OH excluding ortho intramolecular Hbond substituents is 1. The van der Waals surface area contributed by atoms with E-state index in [0.717, 1.165) is 0 Å². The molecule has 5 N–H and O–H groups in total. The maximum Gasteiger partial charge on any atom is 0.241 e. The fourth-order valence-electron chi connectivity index (χ4n) is 0.931. The van der Waals surface area contributed by atoms with Crippen LogP contribution in [0.25, 0.3) is 0 Å². The van der Waals surface area contributed by atoms with Gasteiger partial charge in [-0.15, -0.1) is 0 Å². The fourth-order valence-corrected chi connectivity index (χ4v) is 1.54. The van der Waals surface area contributed by atoms with Crippen molar-refractivity contribution in [2.24, 2.45) is 10.9 Å². The molecule has 1 rings (SSSR count). The van der Waals surface area contributed by atoms with Crippen molar-refractivity contribution < 1.29 is 13.5 Å². The van der Waals surface area contributed by atoms with Crippen LogP contribution in [0.1, 0.15) is 5.56 Å². The molecule has 0 aromatic heterocycles. The highest BCUT2D eigenvalue weighted by molar-refractivity contribution is 7.89. The monoisotopic (exact) mass is 202 g/mol. The minimum atomic E-state index is -3.85. The molecule has 72 valence electrons. The molecular weight excluding hydrogens is 192 g/mol. The van der Waals surface area contributed by atoms with Gasteiger partial charge >= 0.3 is 0 Å². The molecule has 0 aliphatic rings. The number of sulfonamides is 1. The van der Waals surface area contributed by atoms with E-state index < -0.39 is 10.0 Å². The van der Waals surface area contributed by atoms with Crippen molar-refractivity contribution in [3.63, 3.8) is 0 Å². The second kappa shape index (κ2) is 3.33. The molecule has 1 aromatic carbocycles. The molecular formula is C7H10N2O3S. The third-order valence-corrected chi connectivity index (χ3v) is 2.52. The van der Waals surface area contributed by atoms with Gasteiger partial charge in [0.15, 0.2) is 0 Å². The van der Waals surface area contributed by atoms with Gasteiger partial charge in [-0.05, 0) is 17.7 Å². The number of primary sulfonamides is 1. The predicted octanol–water partition coefficient (Wildman–Crippen LogP) is -0.502. The summed E-state index contributed by atoms with van der Waals surface area (Å²) in [6.45, 7) is 0.235. The molecule has 13 heavy (non-hydrogen) atoms. The molecule has 0 unspecified atom stereocenters. The van der Waals surface area contributed by atoms with Crippen LogP contribution < -0.4 is 10.9 Å². The minimum Gasteiger partial charge on any atom is -0.507 e. The lowest BCUT2D eigenvalue weighted by Crippen LogP contribution is -2.12. The minimum absolute atomic E-state index is 0.235. The molecule has 0 heterocycles. The first kappa shape index (κ1) is 9.97. The highest BCUT2D eigenvalue weighted by atomic mass is 32.2. The van der Waals surface area contributed by atoms with Gasteiger partial charge in [0.25, 0.3) is 0 Å². The molecule has 5 nitrogen and oxygen atoms in total. The summed E-state index contributed by atoms with van der Waals surface area (Å²) < 4.78 is 21.7. The Balaban J connectivity index is 3.29. The Bertz CT molecular complexity index is 414. The summed E-state index contributed by atoms with van der Waals surface area (Å²) in [5.74, 6) is -0.370. The van der Waals surface area contributed by atoms with Gasteiger partial charge in [0, 0.05) is 6.54 Å². The lowest BCUT2D eigenvalue weighted by atomic mass is 10.2. The molecule has 0 spiro atoms. The van der Waals surface area contributed by atoms with Crippen molar-refractivity contribution in [3.8, 4) is 5.75 Å². The number of phenols is 1. The molecule has 0 aliphatic carbocycles. The number of benzene rings is 1. The molecule has 0 fully saturated rings. The lowest BCUT2D eigenvalue weighted by molar-refractivity contribution is 0.458. The molecule has 1 aromatic rings. The summed E-state index contributed by atoms with van der Waals surface area (Å²) in [4.78, 5) is -0.287. The predicted molar refractivity (Wildman–Crippen MR) is 47.4 cm³/mol. The number of nitrogens with two attached hydrogens (primary N) is 2. The van der Waals surface area contributed by atoms with E-state index in [0.29, 0.717) is 5.56 Å². The van der Waals surface area contributed by atoms with Crippen molar-refractivity contribution in [1.29, 1.82) is 0 Å². The molecule has 0 saturated heterocycles. The van der Waals surface area contributed by atoms with Crippen molar-refractivity contribution in [3.05, 3.63) is 23.8 Å². The largest absolute Gasteiger partial charge is 0.507 e. The first-order chi connectivity index (χ1) is 5.95. The molecule has 0 aliphatic heterocycles. The zero-order chi connectivity index (χ0) is 10.1. The molecule has 0 saturated carbocycles. The van der Waals surface area contributed by atoms with E-state index in [9.17, 15) is 13.5 Å². The van der Waals surface area contributed by atoms with E-state index in [2.05, 4.69) is 0 Å². The zero-order valence-corrected chi connectivity index (χ0v) is 7.58. The Labute approximate surface area is 76.0 Å². The van der Waals surface area contributed by atoms with Crippen LogP contribution in [-0.4, -0.2) is 13.5 Å². The van der Waals surface area contributed by atoms with E-state index in [1.807, 2.05) is 0 Å². The Morgan fingerprint density at radius 3 is 2.38 bits per heavy atom. The summed E-state index contributed by atoms with van der Waals surface area (Å²) in [5.41, 5.74) is 5.93. The van der Waals surface area contributed by atoms with Gasteiger partial charge in [-0.3, -0.25) is 0 Å². The van der Waals surface area contributed by atoms with E-state index in [1.165, 1.54) is 18.2 Å². The third kappa shape index (κ3) is 2.18. The summed E-state index contributed by atoms with van der Waals surface area (Å²) in [7, 11) is -3.85. The van der Waals surface area contributed by atoms with Crippen LogP contribution in [0.4, 0.5) is 0 Å². The van der Waals surface area contributed by atoms with Gasteiger partial charge in [0.2, 0.25) is 10.0 Å². The Morgan fingerprint density at radius 2 is 2.00 bits per heavy atom. The molecule has 0 atom stereocenters. The van der Waals surface area contributed by atoms with Gasteiger partial charge in [-0.2, -0.15) is 0 Å². The van der Waals surface area contributed by atoms with Crippen molar-refractivity contribution in [2.75, 3.05) is 0 Å². The van der Waals surface area contributed by atoms with E-state index in [4.69, 9.17) is 10.9 Å². The maximum absolute atomic E-state index is 10.8.